The van der Waals surface area contributed by atoms with Gasteiger partial charge in [-0.1, -0.05) is 0 Å². The first-order chi connectivity index (χ1) is 9.52. The molecule has 1 aromatic heterocycles. The summed E-state index contributed by atoms with van der Waals surface area (Å²) in [6.07, 6.45) is 1.63. The van der Waals surface area contributed by atoms with E-state index in [-0.39, 0.29) is 11.9 Å². The van der Waals surface area contributed by atoms with Crippen molar-refractivity contribution in [1.82, 2.24) is 20.1 Å². The van der Waals surface area contributed by atoms with Gasteiger partial charge < -0.3 is 20.9 Å². The van der Waals surface area contributed by atoms with Crippen LogP contribution in [0.4, 0.5) is 11.4 Å². The molecule has 0 aliphatic carbocycles. The maximum atomic E-state index is 11.9. The Morgan fingerprint density at radius 1 is 1.45 bits per heavy atom. The molecule has 1 amide bonds. The first-order valence-electron chi connectivity index (χ1n) is 6.25. The third kappa shape index (κ3) is 2.71. The van der Waals surface area contributed by atoms with Gasteiger partial charge in [0.25, 0.3) is 5.91 Å². The van der Waals surface area contributed by atoms with E-state index in [1.807, 2.05) is 18.5 Å². The van der Waals surface area contributed by atoms with Gasteiger partial charge in [-0.3, -0.25) is 4.79 Å². The van der Waals surface area contributed by atoms with E-state index < -0.39 is 0 Å². The second-order valence-corrected chi connectivity index (χ2v) is 4.55. The molecule has 106 valence electrons. The van der Waals surface area contributed by atoms with Crippen molar-refractivity contribution in [2.24, 2.45) is 7.05 Å². The molecule has 20 heavy (non-hydrogen) atoms. The number of aromatic nitrogens is 3. The molecule has 0 saturated heterocycles. The predicted molar refractivity (Wildman–Crippen MR) is 77.3 cm³/mol. The predicted octanol–water partition coefficient (Wildman–Crippen LogP) is 0.930. The zero-order valence-electron chi connectivity index (χ0n) is 11.7. The molecule has 0 spiro atoms. The van der Waals surface area contributed by atoms with Crippen LogP contribution in [0.5, 0.6) is 0 Å². The van der Waals surface area contributed by atoms with Crippen molar-refractivity contribution in [2.45, 2.75) is 13.0 Å². The number of hydrogen-bond acceptors (Lipinski definition) is 5. The molecule has 2 rings (SSSR count). The van der Waals surface area contributed by atoms with Crippen molar-refractivity contribution in [1.29, 1.82) is 0 Å². The Balaban J connectivity index is 2.30. The van der Waals surface area contributed by atoms with Crippen molar-refractivity contribution in [3.05, 3.63) is 35.9 Å². The van der Waals surface area contributed by atoms with Crippen LogP contribution in [0.3, 0.4) is 0 Å². The Bertz CT molecular complexity index is 621. The lowest BCUT2D eigenvalue weighted by Crippen LogP contribution is -2.21. The third-order valence-corrected chi connectivity index (χ3v) is 3.02. The van der Waals surface area contributed by atoms with Gasteiger partial charge in [0.15, 0.2) is 5.82 Å². The fraction of sp³-hybridized carbons (Fsp3) is 0.308. The number of aryl methyl sites for hydroxylation is 1. The monoisotopic (exact) mass is 274 g/mol. The highest BCUT2D eigenvalue weighted by molar-refractivity contribution is 6.00. The molecule has 1 aromatic carbocycles. The molecular weight excluding hydrogens is 256 g/mol. The van der Waals surface area contributed by atoms with Crippen molar-refractivity contribution in [3.63, 3.8) is 0 Å². The molecule has 0 saturated carbocycles. The number of rotatable bonds is 4. The number of nitrogens with one attached hydrogen (secondary N) is 2. The van der Waals surface area contributed by atoms with Crippen LogP contribution in [0.15, 0.2) is 24.5 Å². The summed E-state index contributed by atoms with van der Waals surface area (Å²) in [5.74, 6) is 0.605. The van der Waals surface area contributed by atoms with Crippen LogP contribution in [0.2, 0.25) is 0 Å². The Hall–Kier alpha value is -2.57. The van der Waals surface area contributed by atoms with Crippen LogP contribution in [-0.2, 0) is 7.05 Å². The molecule has 1 unspecified atom stereocenters. The average Bonchev–Trinajstić information content (AvgIpc) is 2.84. The molecular formula is C13H18N6O. The first kappa shape index (κ1) is 13.9. The Labute approximate surface area is 117 Å². The number of nitrogen functional groups attached to an aromatic ring is 1. The van der Waals surface area contributed by atoms with Crippen LogP contribution in [-0.4, -0.2) is 27.7 Å². The summed E-state index contributed by atoms with van der Waals surface area (Å²) in [7, 11) is 3.46. The number of nitrogens with two attached hydrogens (primary N) is 1. The Kier molecular flexibility index (Phi) is 3.88. The quantitative estimate of drug-likeness (QED) is 0.720. The van der Waals surface area contributed by atoms with Gasteiger partial charge in [-0.25, -0.2) is 0 Å². The molecule has 2 aromatic rings. The summed E-state index contributed by atoms with van der Waals surface area (Å²) in [6, 6.07) is 5.02. The summed E-state index contributed by atoms with van der Waals surface area (Å²) >= 11 is 0. The Morgan fingerprint density at radius 2 is 2.20 bits per heavy atom. The van der Waals surface area contributed by atoms with Crippen molar-refractivity contribution >= 4 is 17.3 Å². The molecule has 0 radical (unpaired) electrons. The van der Waals surface area contributed by atoms with Crippen LogP contribution in [0.25, 0.3) is 0 Å². The van der Waals surface area contributed by atoms with E-state index in [1.165, 1.54) is 0 Å². The lowest BCUT2D eigenvalue weighted by molar-refractivity contribution is 0.0964. The molecule has 1 atom stereocenters. The Morgan fingerprint density at radius 3 is 2.80 bits per heavy atom. The smallest absolute Gasteiger partial charge is 0.253 e. The van der Waals surface area contributed by atoms with Gasteiger partial charge in [-0.05, 0) is 25.1 Å². The number of nitrogens with zero attached hydrogens (tertiary/aromatic N) is 3. The fourth-order valence-corrected chi connectivity index (χ4v) is 2.00. The summed E-state index contributed by atoms with van der Waals surface area (Å²) in [5, 5.41) is 13.7. The zero-order valence-corrected chi connectivity index (χ0v) is 11.7. The van der Waals surface area contributed by atoms with Crippen LogP contribution >= 0.6 is 0 Å². The van der Waals surface area contributed by atoms with Crippen molar-refractivity contribution in [3.8, 4) is 0 Å². The average molecular weight is 274 g/mol. The van der Waals surface area contributed by atoms with Gasteiger partial charge in [0.1, 0.15) is 6.33 Å². The molecule has 1 heterocycles. The van der Waals surface area contributed by atoms with E-state index in [0.29, 0.717) is 16.9 Å². The zero-order chi connectivity index (χ0) is 14.7. The summed E-state index contributed by atoms with van der Waals surface area (Å²) < 4.78 is 1.82. The van der Waals surface area contributed by atoms with Crippen molar-refractivity contribution < 1.29 is 4.79 Å². The van der Waals surface area contributed by atoms with E-state index in [9.17, 15) is 4.79 Å². The molecule has 0 fully saturated rings. The molecule has 0 bridgehead atoms. The van der Waals surface area contributed by atoms with Gasteiger partial charge in [-0.2, -0.15) is 0 Å². The van der Waals surface area contributed by atoms with E-state index in [0.717, 1.165) is 5.82 Å². The minimum absolute atomic E-state index is 0.104. The van der Waals surface area contributed by atoms with Gasteiger partial charge in [0.05, 0.1) is 11.6 Å². The molecule has 7 nitrogen and oxygen atoms in total. The molecule has 4 N–H and O–H groups in total. The second-order valence-electron chi connectivity index (χ2n) is 4.55. The summed E-state index contributed by atoms with van der Waals surface area (Å²) in [4.78, 5) is 11.9. The van der Waals surface area contributed by atoms with Crippen LogP contribution in [0.1, 0.15) is 29.1 Å². The van der Waals surface area contributed by atoms with E-state index in [1.54, 1.807) is 31.6 Å². The number of carbonyl (C=O) groups excluding carboxylic acids is 1. The lowest BCUT2D eigenvalue weighted by atomic mass is 10.1. The minimum Gasteiger partial charge on any atom is -0.399 e. The van der Waals surface area contributed by atoms with Gasteiger partial charge in [-0.15, -0.1) is 10.2 Å². The molecule has 0 aliphatic heterocycles. The van der Waals surface area contributed by atoms with Crippen LogP contribution in [0, 0.1) is 0 Å². The maximum Gasteiger partial charge on any atom is 0.253 e. The summed E-state index contributed by atoms with van der Waals surface area (Å²) in [5.41, 5.74) is 7.58. The standard InChI is InChI=1S/C13H18N6O/c1-8(12-18-16-7-19(12)3)17-11-6-9(14)4-5-10(11)13(20)15-2/h4-8,17H,14H2,1-3H3,(H,15,20). The number of anilines is 2. The summed E-state index contributed by atoms with van der Waals surface area (Å²) in [6.45, 7) is 1.95. The SMILES string of the molecule is CNC(=O)c1ccc(N)cc1NC(C)c1nncn1C. The molecule has 7 heteroatoms. The fourth-order valence-electron chi connectivity index (χ4n) is 2.00. The largest absolute Gasteiger partial charge is 0.399 e. The van der Waals surface area contributed by atoms with Crippen molar-refractivity contribution in [2.75, 3.05) is 18.1 Å². The lowest BCUT2D eigenvalue weighted by Gasteiger charge is -2.17. The maximum absolute atomic E-state index is 11.9. The highest BCUT2D eigenvalue weighted by Crippen LogP contribution is 2.23. The van der Waals surface area contributed by atoms with Gasteiger partial charge in [0.2, 0.25) is 0 Å². The van der Waals surface area contributed by atoms with E-state index in [2.05, 4.69) is 20.8 Å². The van der Waals surface area contributed by atoms with E-state index >= 15 is 0 Å². The minimum atomic E-state index is -0.169. The first-order valence-corrected chi connectivity index (χ1v) is 6.25. The van der Waals surface area contributed by atoms with E-state index in [4.69, 9.17) is 5.73 Å². The third-order valence-electron chi connectivity index (χ3n) is 3.02. The topological polar surface area (TPSA) is 97.9 Å². The number of benzene rings is 1. The highest BCUT2D eigenvalue weighted by atomic mass is 16.1. The number of carbonyl (C=O) groups is 1. The van der Waals surface area contributed by atoms with Crippen LogP contribution < -0.4 is 16.4 Å². The number of amides is 1. The number of hydrogen-bond donors (Lipinski definition) is 3. The van der Waals surface area contributed by atoms with Gasteiger partial charge in [0, 0.05) is 25.5 Å². The second kappa shape index (κ2) is 5.60. The highest BCUT2D eigenvalue weighted by Gasteiger charge is 2.16. The molecule has 0 aliphatic rings. The van der Waals surface area contributed by atoms with Gasteiger partial charge >= 0.3 is 0 Å². The normalized spacial score (nSPS) is 11.9.